The third kappa shape index (κ3) is 1.88. The van der Waals surface area contributed by atoms with Crippen molar-refractivity contribution in [1.82, 2.24) is 14.5 Å². The van der Waals surface area contributed by atoms with Crippen molar-refractivity contribution in [2.45, 2.75) is 19.4 Å². The predicted octanol–water partition coefficient (Wildman–Crippen LogP) is 3.17. The second kappa shape index (κ2) is 4.96. The number of hydrogen-bond acceptors (Lipinski definition) is 3. The maximum Gasteiger partial charge on any atom is 0.262 e. The third-order valence-electron chi connectivity index (χ3n) is 4.68. The molecule has 0 bridgehead atoms. The molecular weight excluding hydrogens is 300 g/mol. The number of nitrogens with zero attached hydrogens (tertiary/aromatic N) is 3. The highest BCUT2D eigenvalue weighted by molar-refractivity contribution is 6.04. The molecule has 5 rings (SSSR count). The normalized spacial score (nSPS) is 13.5. The molecule has 0 atom stereocenters. The summed E-state index contributed by atoms with van der Waals surface area (Å²) in [5.41, 5.74) is 7.24. The van der Waals surface area contributed by atoms with E-state index >= 15 is 0 Å². The van der Waals surface area contributed by atoms with Crippen LogP contribution in [-0.4, -0.2) is 14.5 Å². The average Bonchev–Trinajstić information content (AvgIpc) is 3.04. The van der Waals surface area contributed by atoms with Gasteiger partial charge in [-0.1, -0.05) is 36.4 Å². The molecule has 4 aromatic rings. The van der Waals surface area contributed by atoms with Gasteiger partial charge in [0.25, 0.3) is 5.56 Å². The molecule has 0 saturated carbocycles. The Morgan fingerprint density at radius 3 is 2.75 bits per heavy atom. The van der Waals surface area contributed by atoms with Crippen molar-refractivity contribution in [2.75, 3.05) is 5.43 Å². The Kier molecular flexibility index (Phi) is 2.76. The molecule has 2 aromatic heterocycles. The molecule has 0 spiro atoms. The topological polar surface area (TPSA) is 51.9 Å². The lowest BCUT2D eigenvalue weighted by molar-refractivity contribution is 0.619. The monoisotopic (exact) mass is 316 g/mol. The van der Waals surface area contributed by atoms with E-state index in [9.17, 15) is 4.79 Å². The largest absolute Gasteiger partial charge is 0.307 e. The highest BCUT2D eigenvalue weighted by atomic mass is 16.1. The van der Waals surface area contributed by atoms with E-state index in [4.69, 9.17) is 0 Å². The Bertz CT molecular complexity index is 1120. The zero-order valence-electron chi connectivity index (χ0n) is 13.1. The van der Waals surface area contributed by atoms with Crippen LogP contribution in [0.15, 0.2) is 59.5 Å². The van der Waals surface area contributed by atoms with E-state index in [1.807, 2.05) is 34.9 Å². The molecule has 1 N–H and O–H groups in total. The fraction of sp³-hybridized carbons (Fsp3) is 0.158. The average molecular weight is 316 g/mol. The van der Waals surface area contributed by atoms with E-state index in [1.54, 1.807) is 11.0 Å². The zero-order valence-corrected chi connectivity index (χ0v) is 13.1. The quantitative estimate of drug-likeness (QED) is 0.618. The summed E-state index contributed by atoms with van der Waals surface area (Å²) >= 11 is 0. The van der Waals surface area contributed by atoms with Crippen LogP contribution >= 0.6 is 0 Å². The molecule has 0 saturated heterocycles. The molecule has 0 aliphatic carbocycles. The van der Waals surface area contributed by atoms with Crippen molar-refractivity contribution in [1.29, 1.82) is 0 Å². The zero-order chi connectivity index (χ0) is 16.1. The number of anilines is 1. The van der Waals surface area contributed by atoms with Crippen molar-refractivity contribution in [3.05, 3.63) is 70.6 Å². The van der Waals surface area contributed by atoms with E-state index in [2.05, 4.69) is 28.7 Å². The summed E-state index contributed by atoms with van der Waals surface area (Å²) in [5, 5.41) is 6.34. The molecule has 24 heavy (non-hydrogen) atoms. The summed E-state index contributed by atoms with van der Waals surface area (Å²) in [6.45, 7) is 0.777. The number of aryl methyl sites for hydroxylation is 2. The standard InChI is InChI=1S/C19H16N4O/c24-19-16-12-23(20-14-8-2-1-3-9-14)21-17(16)15-10-4-6-13-7-5-11-22(19)18(13)15/h1-4,6,8-10,12,20H,5,7,11H2. The van der Waals surface area contributed by atoms with Gasteiger partial charge in [0.2, 0.25) is 0 Å². The lowest BCUT2D eigenvalue weighted by atomic mass is 10.0. The fourth-order valence-corrected chi connectivity index (χ4v) is 3.62. The van der Waals surface area contributed by atoms with E-state index in [0.717, 1.165) is 41.5 Å². The smallest absolute Gasteiger partial charge is 0.262 e. The first kappa shape index (κ1) is 13.4. The molecule has 5 heteroatoms. The van der Waals surface area contributed by atoms with Gasteiger partial charge in [-0.05, 0) is 30.5 Å². The molecule has 0 fully saturated rings. The number of aromatic nitrogens is 3. The number of pyridine rings is 1. The first-order chi connectivity index (χ1) is 11.8. The van der Waals surface area contributed by atoms with Gasteiger partial charge in [-0.2, -0.15) is 9.89 Å². The second-order valence-electron chi connectivity index (χ2n) is 6.19. The minimum absolute atomic E-state index is 0.0470. The molecule has 3 heterocycles. The van der Waals surface area contributed by atoms with Gasteiger partial charge in [0.1, 0.15) is 5.52 Å². The molecule has 5 nitrogen and oxygen atoms in total. The Morgan fingerprint density at radius 2 is 1.88 bits per heavy atom. The first-order valence-electron chi connectivity index (χ1n) is 8.17. The number of hydrogen-bond donors (Lipinski definition) is 1. The minimum Gasteiger partial charge on any atom is -0.307 e. The van der Waals surface area contributed by atoms with E-state index < -0.39 is 0 Å². The van der Waals surface area contributed by atoms with Crippen LogP contribution in [0.3, 0.4) is 0 Å². The SMILES string of the molecule is O=c1c2cn(Nc3ccccc3)nc2c2cccc3c2n1CCC3. The van der Waals surface area contributed by atoms with Gasteiger partial charge in [0.15, 0.2) is 0 Å². The van der Waals surface area contributed by atoms with Crippen LogP contribution in [0.4, 0.5) is 5.69 Å². The first-order valence-corrected chi connectivity index (χ1v) is 8.17. The van der Waals surface area contributed by atoms with Crippen LogP contribution in [0.2, 0.25) is 0 Å². The second-order valence-corrected chi connectivity index (χ2v) is 6.19. The van der Waals surface area contributed by atoms with Crippen molar-refractivity contribution >= 4 is 27.5 Å². The highest BCUT2D eigenvalue weighted by Crippen LogP contribution is 2.28. The summed E-state index contributed by atoms with van der Waals surface area (Å²) in [7, 11) is 0. The Hall–Kier alpha value is -3.08. The van der Waals surface area contributed by atoms with Gasteiger partial charge < -0.3 is 4.57 Å². The Labute approximate surface area is 138 Å². The molecular formula is C19H16N4O. The third-order valence-corrected chi connectivity index (χ3v) is 4.68. The van der Waals surface area contributed by atoms with Gasteiger partial charge in [0.05, 0.1) is 22.8 Å². The van der Waals surface area contributed by atoms with Gasteiger partial charge in [-0.3, -0.25) is 10.2 Å². The number of fused-ring (bicyclic) bond motifs is 2. The van der Waals surface area contributed by atoms with E-state index in [-0.39, 0.29) is 5.56 Å². The molecule has 1 aliphatic heterocycles. The van der Waals surface area contributed by atoms with Crippen molar-refractivity contribution in [2.24, 2.45) is 0 Å². The molecule has 0 unspecified atom stereocenters. The summed E-state index contributed by atoms with van der Waals surface area (Å²) in [4.78, 5) is 14.5. The lowest BCUT2D eigenvalue weighted by Crippen LogP contribution is -2.24. The van der Waals surface area contributed by atoms with Crippen LogP contribution in [0.5, 0.6) is 0 Å². The summed E-state index contributed by atoms with van der Waals surface area (Å²) in [5.74, 6) is 0. The molecule has 1 aliphatic rings. The van der Waals surface area contributed by atoms with E-state index in [1.165, 1.54) is 5.56 Å². The summed E-state index contributed by atoms with van der Waals surface area (Å²) < 4.78 is 1.91. The van der Waals surface area contributed by atoms with Gasteiger partial charge in [-0.15, -0.1) is 0 Å². The maximum atomic E-state index is 12.9. The molecule has 0 radical (unpaired) electrons. The van der Waals surface area contributed by atoms with Crippen molar-refractivity contribution in [3.8, 4) is 0 Å². The van der Waals surface area contributed by atoms with Crippen LogP contribution in [0.1, 0.15) is 12.0 Å². The predicted molar refractivity (Wildman–Crippen MR) is 95.3 cm³/mol. The van der Waals surface area contributed by atoms with Gasteiger partial charge in [-0.25, -0.2) is 0 Å². The van der Waals surface area contributed by atoms with Gasteiger partial charge >= 0.3 is 0 Å². The highest BCUT2D eigenvalue weighted by Gasteiger charge is 2.19. The van der Waals surface area contributed by atoms with Crippen LogP contribution in [-0.2, 0) is 13.0 Å². The molecule has 2 aromatic carbocycles. The van der Waals surface area contributed by atoms with Crippen molar-refractivity contribution in [3.63, 3.8) is 0 Å². The van der Waals surface area contributed by atoms with Crippen LogP contribution in [0, 0.1) is 0 Å². The van der Waals surface area contributed by atoms with Crippen LogP contribution in [0.25, 0.3) is 21.8 Å². The fourth-order valence-electron chi connectivity index (χ4n) is 3.62. The number of para-hydroxylation sites is 2. The lowest BCUT2D eigenvalue weighted by Gasteiger charge is -2.19. The number of benzene rings is 2. The van der Waals surface area contributed by atoms with Gasteiger partial charge in [0, 0.05) is 11.9 Å². The minimum atomic E-state index is 0.0470. The maximum absolute atomic E-state index is 12.9. The Balaban J connectivity index is 1.78. The van der Waals surface area contributed by atoms with Crippen LogP contribution < -0.4 is 11.0 Å². The molecule has 0 amide bonds. The Morgan fingerprint density at radius 1 is 1.00 bits per heavy atom. The van der Waals surface area contributed by atoms with E-state index in [0.29, 0.717) is 5.39 Å². The number of rotatable bonds is 2. The molecule has 118 valence electrons. The summed E-state index contributed by atoms with van der Waals surface area (Å²) in [6.07, 6.45) is 3.81. The summed E-state index contributed by atoms with van der Waals surface area (Å²) in [6, 6.07) is 16.1. The number of nitrogens with one attached hydrogen (secondary N) is 1. The van der Waals surface area contributed by atoms with Crippen molar-refractivity contribution < 1.29 is 0 Å².